The Morgan fingerprint density at radius 2 is 2.00 bits per heavy atom. The van der Waals surface area contributed by atoms with Crippen LogP contribution < -0.4 is 0 Å². The Kier molecular flexibility index (Phi) is 3.83. The standard InChI is InChI=1S/C12H14N2O2S/c1-9-3-4-10(2)14(9)12-7-11(5-6-13-12)8-16-17-15/h3-7,15H,8H2,1-2H3. The SMILES string of the molecule is Cc1ccc(C)n1-c1cc(COSO)ccn1. The van der Waals surface area contributed by atoms with Gasteiger partial charge in [0.2, 0.25) is 0 Å². The molecule has 2 aromatic heterocycles. The molecule has 0 radical (unpaired) electrons. The third kappa shape index (κ3) is 2.69. The van der Waals surface area contributed by atoms with E-state index >= 15 is 0 Å². The molecule has 0 amide bonds. The highest BCUT2D eigenvalue weighted by molar-refractivity contribution is 7.88. The summed E-state index contributed by atoms with van der Waals surface area (Å²) >= 11 is 0.379. The summed E-state index contributed by atoms with van der Waals surface area (Å²) in [6.45, 7) is 4.44. The van der Waals surface area contributed by atoms with Gasteiger partial charge in [-0.1, -0.05) is 0 Å². The van der Waals surface area contributed by atoms with Crippen molar-refractivity contribution in [3.05, 3.63) is 47.4 Å². The molecule has 1 N–H and O–H groups in total. The van der Waals surface area contributed by atoms with Gasteiger partial charge in [0.05, 0.1) is 6.61 Å². The molecule has 2 aromatic rings. The molecule has 0 bridgehead atoms. The maximum Gasteiger partial charge on any atom is 0.156 e. The van der Waals surface area contributed by atoms with Crippen LogP contribution in [-0.4, -0.2) is 14.1 Å². The fourth-order valence-corrected chi connectivity index (χ4v) is 1.99. The first-order valence-corrected chi connectivity index (χ1v) is 5.95. The summed E-state index contributed by atoms with van der Waals surface area (Å²) in [4.78, 5) is 4.35. The third-order valence-electron chi connectivity index (χ3n) is 2.59. The largest absolute Gasteiger partial charge is 0.307 e. The molecule has 0 unspecified atom stereocenters. The van der Waals surface area contributed by atoms with E-state index in [0.717, 1.165) is 22.8 Å². The van der Waals surface area contributed by atoms with Crippen LogP contribution in [0.5, 0.6) is 0 Å². The van der Waals surface area contributed by atoms with Gasteiger partial charge in [0.25, 0.3) is 0 Å². The zero-order valence-corrected chi connectivity index (χ0v) is 10.6. The number of hydrogen-bond acceptors (Lipinski definition) is 4. The predicted octanol–water partition coefficient (Wildman–Crippen LogP) is 3.13. The predicted molar refractivity (Wildman–Crippen MR) is 68.0 cm³/mol. The van der Waals surface area contributed by atoms with Gasteiger partial charge >= 0.3 is 0 Å². The second-order valence-electron chi connectivity index (χ2n) is 3.81. The zero-order chi connectivity index (χ0) is 12.3. The van der Waals surface area contributed by atoms with E-state index in [1.54, 1.807) is 6.20 Å². The van der Waals surface area contributed by atoms with Crippen molar-refractivity contribution in [1.29, 1.82) is 0 Å². The second-order valence-corrected chi connectivity index (χ2v) is 4.20. The molecule has 0 saturated carbocycles. The summed E-state index contributed by atoms with van der Waals surface area (Å²) < 4.78 is 15.5. The number of aromatic nitrogens is 2. The van der Waals surface area contributed by atoms with E-state index in [9.17, 15) is 0 Å². The number of pyridine rings is 1. The van der Waals surface area contributed by atoms with E-state index in [-0.39, 0.29) is 0 Å². The van der Waals surface area contributed by atoms with Gasteiger partial charge in [-0.25, -0.2) is 4.98 Å². The van der Waals surface area contributed by atoms with Crippen molar-refractivity contribution in [2.24, 2.45) is 0 Å². The molecular weight excluding hydrogens is 236 g/mol. The summed E-state index contributed by atoms with van der Waals surface area (Å²) in [7, 11) is 0. The minimum Gasteiger partial charge on any atom is -0.307 e. The molecular formula is C12H14N2O2S. The van der Waals surface area contributed by atoms with Crippen molar-refractivity contribution < 1.29 is 8.74 Å². The van der Waals surface area contributed by atoms with Crippen molar-refractivity contribution >= 4 is 12.3 Å². The highest BCUT2D eigenvalue weighted by atomic mass is 32.2. The summed E-state index contributed by atoms with van der Waals surface area (Å²) in [5.74, 6) is 0.869. The van der Waals surface area contributed by atoms with Crippen molar-refractivity contribution in [2.75, 3.05) is 0 Å². The fourth-order valence-electron chi connectivity index (χ4n) is 1.80. The van der Waals surface area contributed by atoms with Crippen molar-refractivity contribution in [1.82, 2.24) is 9.55 Å². The first kappa shape index (κ1) is 12.2. The number of nitrogens with zero attached hydrogens (tertiary/aromatic N) is 2. The summed E-state index contributed by atoms with van der Waals surface area (Å²) in [5, 5.41) is 0. The summed E-state index contributed by atoms with van der Waals surface area (Å²) in [6, 6.07) is 7.94. The van der Waals surface area contributed by atoms with Crippen LogP contribution in [0.4, 0.5) is 0 Å². The number of aryl methyl sites for hydroxylation is 2. The van der Waals surface area contributed by atoms with Crippen LogP contribution in [-0.2, 0) is 10.8 Å². The van der Waals surface area contributed by atoms with Gasteiger partial charge in [0.1, 0.15) is 5.82 Å². The molecule has 0 aliphatic carbocycles. The van der Waals surface area contributed by atoms with Crippen LogP contribution in [0.25, 0.3) is 5.82 Å². The van der Waals surface area contributed by atoms with Gasteiger partial charge in [-0.3, -0.25) is 4.18 Å². The molecule has 90 valence electrons. The van der Waals surface area contributed by atoms with Crippen LogP contribution in [0.15, 0.2) is 30.5 Å². The third-order valence-corrected chi connectivity index (χ3v) is 2.81. The molecule has 2 heterocycles. The fraction of sp³-hybridized carbons (Fsp3) is 0.250. The average Bonchev–Trinajstić information content (AvgIpc) is 2.67. The van der Waals surface area contributed by atoms with E-state index in [2.05, 4.69) is 21.7 Å². The number of rotatable bonds is 4. The minimum atomic E-state index is 0.357. The Morgan fingerprint density at radius 3 is 2.65 bits per heavy atom. The lowest BCUT2D eigenvalue weighted by Gasteiger charge is -2.09. The molecule has 2 rings (SSSR count). The van der Waals surface area contributed by atoms with Crippen LogP contribution in [0.2, 0.25) is 0 Å². The van der Waals surface area contributed by atoms with E-state index < -0.39 is 0 Å². The molecule has 17 heavy (non-hydrogen) atoms. The summed E-state index contributed by atoms with van der Waals surface area (Å²) in [6.07, 6.45) is 1.74. The second kappa shape index (κ2) is 5.35. The monoisotopic (exact) mass is 250 g/mol. The Balaban J connectivity index is 2.33. The lowest BCUT2D eigenvalue weighted by molar-refractivity contribution is 0.333. The first-order valence-electron chi connectivity index (χ1n) is 5.25. The van der Waals surface area contributed by atoms with Crippen LogP contribution >= 0.6 is 12.3 Å². The van der Waals surface area contributed by atoms with Crippen molar-refractivity contribution in [3.63, 3.8) is 0 Å². The Labute approximate surface area is 105 Å². The van der Waals surface area contributed by atoms with Crippen molar-refractivity contribution in [2.45, 2.75) is 20.5 Å². The molecule has 0 atom stereocenters. The van der Waals surface area contributed by atoms with E-state index in [0.29, 0.717) is 18.9 Å². The molecule has 0 fully saturated rings. The average molecular weight is 250 g/mol. The van der Waals surface area contributed by atoms with Crippen molar-refractivity contribution in [3.8, 4) is 5.82 Å². The van der Waals surface area contributed by atoms with Gasteiger partial charge in [0.15, 0.2) is 12.3 Å². The van der Waals surface area contributed by atoms with Crippen LogP contribution in [0, 0.1) is 13.8 Å². The summed E-state index contributed by atoms with van der Waals surface area (Å²) in [5.41, 5.74) is 3.26. The molecule has 0 spiro atoms. The minimum absolute atomic E-state index is 0.357. The lowest BCUT2D eigenvalue weighted by Crippen LogP contribution is -2.02. The van der Waals surface area contributed by atoms with Gasteiger partial charge in [-0.2, -0.15) is 0 Å². The van der Waals surface area contributed by atoms with Gasteiger partial charge < -0.3 is 9.12 Å². The molecule has 0 aromatic carbocycles. The van der Waals surface area contributed by atoms with Gasteiger partial charge in [0, 0.05) is 17.6 Å². The lowest BCUT2D eigenvalue weighted by atomic mass is 10.3. The highest BCUT2D eigenvalue weighted by Crippen LogP contribution is 2.16. The molecule has 5 heteroatoms. The first-order chi connectivity index (χ1) is 8.22. The van der Waals surface area contributed by atoms with Crippen LogP contribution in [0.3, 0.4) is 0 Å². The maximum atomic E-state index is 8.54. The molecule has 0 aliphatic rings. The topological polar surface area (TPSA) is 47.3 Å². The van der Waals surface area contributed by atoms with E-state index in [1.807, 2.05) is 26.0 Å². The zero-order valence-electron chi connectivity index (χ0n) is 9.75. The van der Waals surface area contributed by atoms with Gasteiger partial charge in [-0.15, -0.1) is 0 Å². The van der Waals surface area contributed by atoms with E-state index in [1.165, 1.54) is 0 Å². The molecule has 0 aliphatic heterocycles. The van der Waals surface area contributed by atoms with Gasteiger partial charge in [-0.05, 0) is 43.7 Å². The highest BCUT2D eigenvalue weighted by Gasteiger charge is 2.05. The normalized spacial score (nSPS) is 10.8. The smallest absolute Gasteiger partial charge is 0.156 e. The quantitative estimate of drug-likeness (QED) is 0.847. The number of hydrogen-bond donors (Lipinski definition) is 1. The molecule has 0 saturated heterocycles. The maximum absolute atomic E-state index is 8.54. The molecule has 4 nitrogen and oxygen atoms in total. The Bertz CT molecular complexity index is 491. The van der Waals surface area contributed by atoms with Crippen LogP contribution in [0.1, 0.15) is 17.0 Å². The Hall–Kier alpha value is -1.30. The Morgan fingerprint density at radius 1 is 1.29 bits per heavy atom. The van der Waals surface area contributed by atoms with E-state index in [4.69, 9.17) is 8.74 Å².